The molecular weight excluding hydrogens is 365 g/mol. The summed E-state index contributed by atoms with van der Waals surface area (Å²) in [5.41, 5.74) is 1.51. The molecule has 0 fully saturated rings. The normalized spacial score (nSPS) is 11.9. The van der Waals surface area contributed by atoms with Crippen LogP contribution in [0.2, 0.25) is 0 Å². The molecule has 2 aromatic carbocycles. The zero-order valence-corrected chi connectivity index (χ0v) is 15.7. The Balaban J connectivity index is 2.17. The van der Waals surface area contributed by atoms with Crippen molar-refractivity contribution in [2.24, 2.45) is 0 Å². The number of oxazole rings is 1. The summed E-state index contributed by atoms with van der Waals surface area (Å²) in [6.07, 6.45) is 1.22. The minimum Gasteiger partial charge on any atom is -0.496 e. The second kappa shape index (κ2) is 8.12. The first-order valence-electron chi connectivity index (χ1n) is 8.59. The van der Waals surface area contributed by atoms with Gasteiger partial charge in [-0.25, -0.2) is 9.37 Å². The molecule has 0 saturated heterocycles. The Bertz CT molecular complexity index is 976. The summed E-state index contributed by atoms with van der Waals surface area (Å²) in [5, 5.41) is 9.33. The Morgan fingerprint density at radius 3 is 2.43 bits per heavy atom. The zero-order chi connectivity index (χ0) is 20.3. The highest BCUT2D eigenvalue weighted by Gasteiger charge is 2.25. The number of ether oxygens (including phenoxy) is 2. The largest absolute Gasteiger partial charge is 0.496 e. The first-order chi connectivity index (χ1) is 13.4. The summed E-state index contributed by atoms with van der Waals surface area (Å²) >= 11 is 0. The van der Waals surface area contributed by atoms with Gasteiger partial charge in [-0.1, -0.05) is 6.07 Å². The van der Waals surface area contributed by atoms with Gasteiger partial charge in [0.1, 0.15) is 23.1 Å². The lowest BCUT2D eigenvalue weighted by Crippen LogP contribution is -2.09. The molecule has 3 aromatic rings. The van der Waals surface area contributed by atoms with Gasteiger partial charge in [-0.15, -0.1) is 0 Å². The molecule has 0 aliphatic heterocycles. The number of carboxylic acids is 1. The monoisotopic (exact) mass is 385 g/mol. The van der Waals surface area contributed by atoms with E-state index in [4.69, 9.17) is 13.9 Å². The smallest absolute Gasteiger partial charge is 0.304 e. The van der Waals surface area contributed by atoms with Crippen LogP contribution in [0.25, 0.3) is 11.1 Å². The number of aromatic nitrogens is 1. The SMILES string of the molecule is COc1cccc(OC)c1-c1cc(F)cc(C(CC(=O)O)c2ncc(C)o2)c1. The van der Waals surface area contributed by atoms with Crippen LogP contribution in [0, 0.1) is 12.7 Å². The Labute approximate surface area is 161 Å². The Morgan fingerprint density at radius 2 is 1.89 bits per heavy atom. The average molecular weight is 385 g/mol. The van der Waals surface area contributed by atoms with E-state index in [2.05, 4.69) is 4.98 Å². The standard InChI is InChI=1S/C21H20FNO5/c1-12-11-23-21(28-12)16(10-19(24)25)13-7-14(9-15(22)8-13)20-17(26-2)5-4-6-18(20)27-3/h4-9,11,16H,10H2,1-3H3,(H,24,25). The van der Waals surface area contributed by atoms with Crippen molar-refractivity contribution in [3.05, 3.63) is 65.6 Å². The number of carboxylic acid groups (broad SMARTS) is 1. The quantitative estimate of drug-likeness (QED) is 0.649. The predicted molar refractivity (Wildman–Crippen MR) is 100 cm³/mol. The number of nitrogens with zero attached hydrogens (tertiary/aromatic N) is 1. The predicted octanol–water partition coefficient (Wildman–Crippen LogP) is 4.41. The number of benzene rings is 2. The van der Waals surface area contributed by atoms with E-state index in [0.29, 0.717) is 33.9 Å². The van der Waals surface area contributed by atoms with E-state index in [1.54, 1.807) is 31.2 Å². The molecule has 3 rings (SSSR count). The van der Waals surface area contributed by atoms with Gasteiger partial charge in [-0.05, 0) is 48.4 Å². The molecule has 0 saturated carbocycles. The van der Waals surface area contributed by atoms with Crippen molar-refractivity contribution in [1.29, 1.82) is 0 Å². The van der Waals surface area contributed by atoms with Gasteiger partial charge >= 0.3 is 5.97 Å². The zero-order valence-electron chi connectivity index (χ0n) is 15.7. The summed E-state index contributed by atoms with van der Waals surface area (Å²) < 4.78 is 30.9. The first kappa shape index (κ1) is 19.4. The van der Waals surface area contributed by atoms with Crippen LogP contribution in [0.3, 0.4) is 0 Å². The van der Waals surface area contributed by atoms with Gasteiger partial charge in [0, 0.05) is 0 Å². The van der Waals surface area contributed by atoms with Crippen molar-refractivity contribution in [2.75, 3.05) is 14.2 Å². The first-order valence-corrected chi connectivity index (χ1v) is 8.59. The second-order valence-corrected chi connectivity index (χ2v) is 6.27. The lowest BCUT2D eigenvalue weighted by molar-refractivity contribution is -0.137. The molecule has 0 bridgehead atoms. The van der Waals surface area contributed by atoms with Crippen molar-refractivity contribution >= 4 is 5.97 Å². The molecule has 0 aliphatic rings. The van der Waals surface area contributed by atoms with Crippen LogP contribution in [-0.4, -0.2) is 30.3 Å². The summed E-state index contributed by atoms with van der Waals surface area (Å²) in [7, 11) is 3.03. The van der Waals surface area contributed by atoms with Gasteiger partial charge in [0.2, 0.25) is 5.89 Å². The number of rotatable bonds is 7. The molecule has 6 nitrogen and oxygen atoms in total. The van der Waals surface area contributed by atoms with E-state index in [1.165, 1.54) is 32.5 Å². The third kappa shape index (κ3) is 3.98. The molecule has 1 aromatic heterocycles. The second-order valence-electron chi connectivity index (χ2n) is 6.27. The number of aryl methyl sites for hydroxylation is 1. The molecule has 0 amide bonds. The molecule has 28 heavy (non-hydrogen) atoms. The van der Waals surface area contributed by atoms with Gasteiger partial charge < -0.3 is 19.0 Å². The number of methoxy groups -OCH3 is 2. The maximum atomic E-state index is 14.5. The molecule has 1 unspecified atom stereocenters. The maximum absolute atomic E-state index is 14.5. The van der Waals surface area contributed by atoms with Gasteiger partial charge in [-0.3, -0.25) is 4.79 Å². The van der Waals surface area contributed by atoms with Gasteiger partial charge in [0.05, 0.1) is 38.3 Å². The number of hydrogen-bond donors (Lipinski definition) is 1. The third-order valence-corrected chi connectivity index (χ3v) is 4.35. The number of aliphatic carboxylic acids is 1. The molecular formula is C21H20FNO5. The van der Waals surface area contributed by atoms with Crippen LogP contribution < -0.4 is 9.47 Å². The Hall–Kier alpha value is -3.35. The summed E-state index contributed by atoms with van der Waals surface area (Å²) in [4.78, 5) is 15.5. The van der Waals surface area contributed by atoms with Gasteiger partial charge in [-0.2, -0.15) is 0 Å². The number of hydrogen-bond acceptors (Lipinski definition) is 5. The van der Waals surface area contributed by atoms with Crippen LogP contribution in [0.4, 0.5) is 4.39 Å². The van der Waals surface area contributed by atoms with E-state index in [0.717, 1.165) is 0 Å². The molecule has 0 aliphatic carbocycles. The number of carbonyl (C=O) groups is 1. The highest BCUT2D eigenvalue weighted by molar-refractivity contribution is 5.78. The van der Waals surface area contributed by atoms with Crippen LogP contribution in [0.1, 0.15) is 29.6 Å². The molecule has 0 radical (unpaired) electrons. The van der Waals surface area contributed by atoms with Crippen molar-refractivity contribution < 1.29 is 28.2 Å². The fraction of sp³-hybridized carbons (Fsp3) is 0.238. The van der Waals surface area contributed by atoms with E-state index in [9.17, 15) is 14.3 Å². The van der Waals surface area contributed by atoms with Crippen molar-refractivity contribution in [1.82, 2.24) is 4.98 Å². The third-order valence-electron chi connectivity index (χ3n) is 4.35. The van der Waals surface area contributed by atoms with Crippen molar-refractivity contribution in [3.8, 4) is 22.6 Å². The summed E-state index contributed by atoms with van der Waals surface area (Å²) in [6.45, 7) is 1.71. The molecule has 1 heterocycles. The Kier molecular flexibility index (Phi) is 5.63. The maximum Gasteiger partial charge on any atom is 0.304 e. The summed E-state index contributed by atoms with van der Waals surface area (Å²) in [5.74, 6) is -0.492. The minimum absolute atomic E-state index is 0.225. The molecule has 1 N–H and O–H groups in total. The minimum atomic E-state index is -1.04. The van der Waals surface area contributed by atoms with Crippen LogP contribution in [0.5, 0.6) is 11.5 Å². The molecule has 0 spiro atoms. The lowest BCUT2D eigenvalue weighted by Gasteiger charge is -2.17. The van der Waals surface area contributed by atoms with Crippen LogP contribution in [-0.2, 0) is 4.79 Å². The van der Waals surface area contributed by atoms with E-state index in [-0.39, 0.29) is 12.3 Å². The highest BCUT2D eigenvalue weighted by atomic mass is 19.1. The fourth-order valence-corrected chi connectivity index (χ4v) is 3.15. The van der Waals surface area contributed by atoms with Gasteiger partial charge in [0.15, 0.2) is 0 Å². The van der Waals surface area contributed by atoms with Crippen molar-refractivity contribution in [3.63, 3.8) is 0 Å². The molecule has 146 valence electrons. The molecule has 7 heteroatoms. The van der Waals surface area contributed by atoms with E-state index >= 15 is 0 Å². The van der Waals surface area contributed by atoms with Crippen LogP contribution >= 0.6 is 0 Å². The molecule has 1 atom stereocenters. The Morgan fingerprint density at radius 1 is 1.21 bits per heavy atom. The lowest BCUT2D eigenvalue weighted by atomic mass is 9.91. The average Bonchev–Trinajstić information content (AvgIpc) is 3.10. The highest BCUT2D eigenvalue weighted by Crippen LogP contribution is 2.40. The van der Waals surface area contributed by atoms with E-state index < -0.39 is 17.7 Å². The van der Waals surface area contributed by atoms with Crippen molar-refractivity contribution in [2.45, 2.75) is 19.3 Å². The van der Waals surface area contributed by atoms with Crippen LogP contribution in [0.15, 0.2) is 47.0 Å². The summed E-state index contributed by atoms with van der Waals surface area (Å²) in [6, 6.07) is 9.60. The van der Waals surface area contributed by atoms with Gasteiger partial charge in [0.25, 0.3) is 0 Å². The number of halogens is 1. The van der Waals surface area contributed by atoms with E-state index in [1.807, 2.05) is 0 Å². The fourth-order valence-electron chi connectivity index (χ4n) is 3.15. The topological polar surface area (TPSA) is 81.8 Å².